The van der Waals surface area contributed by atoms with Gasteiger partial charge in [0.05, 0.1) is 41.1 Å². The Morgan fingerprint density at radius 3 is 1.75 bits per heavy atom. The molecule has 0 saturated carbocycles. The van der Waals surface area contributed by atoms with Crippen LogP contribution in [-0.4, -0.2) is 13.1 Å². The summed E-state index contributed by atoms with van der Waals surface area (Å²) in [6.07, 6.45) is 0.748. The summed E-state index contributed by atoms with van der Waals surface area (Å²) in [5.41, 5.74) is 9.02. The Bertz CT molecular complexity index is 1330. The van der Waals surface area contributed by atoms with Crippen molar-refractivity contribution in [1.82, 2.24) is 0 Å². The van der Waals surface area contributed by atoms with E-state index in [9.17, 15) is 4.79 Å². The molecule has 0 aliphatic carbocycles. The van der Waals surface area contributed by atoms with Gasteiger partial charge < -0.3 is 36.6 Å². The van der Waals surface area contributed by atoms with E-state index < -0.39 is 5.97 Å². The summed E-state index contributed by atoms with van der Waals surface area (Å²) in [7, 11) is 1.38. The second kappa shape index (κ2) is 9.07. The lowest BCUT2D eigenvalue weighted by molar-refractivity contribution is 0.0602. The first-order chi connectivity index (χ1) is 17.3. The fraction of sp³-hybridized carbons (Fsp3) is 0.107. The molecule has 0 atom stereocenters. The summed E-state index contributed by atoms with van der Waals surface area (Å²) in [5, 5.41) is 19.6. The number of hydrogen-bond acceptors (Lipinski definition) is 8. The Morgan fingerprint density at radius 2 is 1.25 bits per heavy atom. The molecule has 8 nitrogen and oxygen atoms in total. The zero-order valence-corrected chi connectivity index (χ0v) is 20.3. The molecule has 0 radical (unpaired) electrons. The van der Waals surface area contributed by atoms with Crippen LogP contribution in [0.4, 0.5) is 45.5 Å². The number of fused-ring (bicyclic) bond motifs is 2. The normalized spacial score (nSPS) is 12.9. The van der Waals surface area contributed by atoms with Gasteiger partial charge in [-0.05, 0) is 60.5 Å². The third-order valence-corrected chi connectivity index (χ3v) is 6.11. The molecule has 2 heterocycles. The van der Waals surface area contributed by atoms with E-state index in [-0.39, 0.29) is 0 Å². The Kier molecular flexibility index (Phi) is 5.77. The number of nitrogens with one attached hydrogen (secondary N) is 6. The van der Waals surface area contributed by atoms with Gasteiger partial charge >= 0.3 is 5.97 Å². The summed E-state index contributed by atoms with van der Waals surface area (Å²) in [6.45, 7) is 14.1. The van der Waals surface area contributed by atoms with Crippen LogP contribution in [0, 0.1) is 0 Å². The van der Waals surface area contributed by atoms with Crippen molar-refractivity contribution in [2.24, 2.45) is 0 Å². The van der Waals surface area contributed by atoms with Gasteiger partial charge in [-0.2, -0.15) is 0 Å². The highest BCUT2D eigenvalue weighted by Crippen LogP contribution is 2.39. The van der Waals surface area contributed by atoms with Gasteiger partial charge in [0.25, 0.3) is 0 Å². The number of ether oxygens (including phenoxy) is 1. The molecule has 5 rings (SSSR count). The molecule has 0 amide bonds. The zero-order valence-electron chi connectivity index (χ0n) is 20.3. The number of allylic oxidation sites excluding steroid dienone is 1. The molecule has 0 spiro atoms. The standard InChI is InChI=1S/C28H28N6O2/c1-6-15(2)20-13-25(34-19-8-10-23-27(12-19)32-17(4)30-23)21(28(35)36-5)14-24(20)33-18-7-9-22-26(11-18)31-16(3)29-22/h7-14,29-34H,2-4,6H2,1,5H3. The molecular weight excluding hydrogens is 452 g/mol. The Labute approximate surface area is 210 Å². The topological polar surface area (TPSA) is 98.5 Å². The molecule has 36 heavy (non-hydrogen) atoms. The molecule has 2 aliphatic rings. The van der Waals surface area contributed by atoms with Crippen molar-refractivity contribution in [2.75, 3.05) is 39.0 Å². The SMILES string of the molecule is C=C1Nc2ccc(Nc3cc(C(=O)OC)c(Nc4ccc5c(c4)NC(=C)N5)cc3C(=C)CC)cc2N1. The highest BCUT2D eigenvalue weighted by molar-refractivity contribution is 6.00. The number of hydrogen-bond donors (Lipinski definition) is 6. The summed E-state index contributed by atoms with van der Waals surface area (Å²) in [4.78, 5) is 12.8. The maximum atomic E-state index is 12.8. The lowest BCUT2D eigenvalue weighted by atomic mass is 9.98. The third-order valence-electron chi connectivity index (χ3n) is 6.11. The lowest BCUT2D eigenvalue weighted by Gasteiger charge is -2.19. The minimum Gasteiger partial charge on any atom is -0.465 e. The van der Waals surface area contributed by atoms with Crippen molar-refractivity contribution in [2.45, 2.75) is 13.3 Å². The van der Waals surface area contributed by atoms with Gasteiger partial charge in [-0.25, -0.2) is 4.79 Å². The van der Waals surface area contributed by atoms with Crippen LogP contribution in [0.3, 0.4) is 0 Å². The molecule has 8 heteroatoms. The summed E-state index contributed by atoms with van der Waals surface area (Å²) in [5.74, 6) is 1.00. The van der Waals surface area contributed by atoms with Crippen molar-refractivity contribution >= 4 is 57.0 Å². The first-order valence-corrected chi connectivity index (χ1v) is 11.6. The first kappa shape index (κ1) is 22.9. The quantitative estimate of drug-likeness (QED) is 0.201. The number of esters is 1. The van der Waals surface area contributed by atoms with Crippen LogP contribution >= 0.6 is 0 Å². The van der Waals surface area contributed by atoms with Crippen molar-refractivity contribution in [3.8, 4) is 0 Å². The largest absolute Gasteiger partial charge is 0.465 e. The number of rotatable bonds is 7. The second-order valence-electron chi connectivity index (χ2n) is 8.62. The van der Waals surface area contributed by atoms with Crippen LogP contribution in [0.5, 0.6) is 0 Å². The van der Waals surface area contributed by atoms with Gasteiger partial charge in [0.1, 0.15) is 11.6 Å². The average molecular weight is 481 g/mol. The van der Waals surface area contributed by atoms with Crippen LogP contribution in [0.1, 0.15) is 29.3 Å². The highest BCUT2D eigenvalue weighted by Gasteiger charge is 2.20. The minimum atomic E-state index is -0.445. The van der Waals surface area contributed by atoms with Crippen molar-refractivity contribution in [3.05, 3.63) is 91.0 Å². The molecule has 0 unspecified atom stereocenters. The van der Waals surface area contributed by atoms with E-state index in [2.05, 4.69) is 58.6 Å². The molecule has 0 bridgehead atoms. The van der Waals surface area contributed by atoms with Gasteiger partial charge in [0.15, 0.2) is 0 Å². The van der Waals surface area contributed by atoms with Crippen molar-refractivity contribution in [1.29, 1.82) is 0 Å². The number of benzene rings is 3. The third kappa shape index (κ3) is 4.32. The Balaban J connectivity index is 1.54. The average Bonchev–Trinajstić information content (AvgIpc) is 3.43. The van der Waals surface area contributed by atoms with E-state index >= 15 is 0 Å². The van der Waals surface area contributed by atoms with E-state index in [1.165, 1.54) is 7.11 Å². The number of anilines is 8. The smallest absolute Gasteiger partial charge is 0.340 e. The van der Waals surface area contributed by atoms with E-state index in [0.29, 0.717) is 11.3 Å². The highest BCUT2D eigenvalue weighted by atomic mass is 16.5. The fourth-order valence-corrected chi connectivity index (χ4v) is 4.26. The van der Waals surface area contributed by atoms with Gasteiger partial charge in [-0.3, -0.25) is 0 Å². The molecule has 0 saturated heterocycles. The minimum absolute atomic E-state index is 0.401. The number of carbonyl (C=O) groups excluding carboxylic acids is 1. The predicted octanol–water partition coefficient (Wildman–Crippen LogP) is 7.00. The second-order valence-corrected chi connectivity index (χ2v) is 8.62. The monoisotopic (exact) mass is 480 g/mol. The molecule has 0 aromatic heterocycles. The van der Waals surface area contributed by atoms with Crippen LogP contribution in [-0.2, 0) is 4.74 Å². The maximum Gasteiger partial charge on any atom is 0.340 e. The van der Waals surface area contributed by atoms with Crippen LogP contribution in [0.15, 0.2) is 79.9 Å². The van der Waals surface area contributed by atoms with E-state index in [4.69, 9.17) is 4.74 Å². The maximum absolute atomic E-state index is 12.8. The molecule has 3 aromatic carbocycles. The van der Waals surface area contributed by atoms with Gasteiger partial charge in [0, 0.05) is 22.6 Å². The first-order valence-electron chi connectivity index (χ1n) is 11.6. The van der Waals surface area contributed by atoms with Crippen molar-refractivity contribution < 1.29 is 9.53 Å². The molecule has 6 N–H and O–H groups in total. The van der Waals surface area contributed by atoms with Crippen LogP contribution in [0.2, 0.25) is 0 Å². The summed E-state index contributed by atoms with van der Waals surface area (Å²) >= 11 is 0. The number of carbonyl (C=O) groups is 1. The zero-order chi connectivity index (χ0) is 25.4. The van der Waals surface area contributed by atoms with Crippen LogP contribution in [0.25, 0.3) is 5.57 Å². The van der Waals surface area contributed by atoms with Crippen LogP contribution < -0.4 is 31.9 Å². The molecule has 182 valence electrons. The van der Waals surface area contributed by atoms with Gasteiger partial charge in [-0.1, -0.05) is 26.7 Å². The Hall–Kier alpha value is -4.85. The lowest BCUT2D eigenvalue weighted by Crippen LogP contribution is -2.08. The van der Waals surface area contributed by atoms with Crippen molar-refractivity contribution in [3.63, 3.8) is 0 Å². The Morgan fingerprint density at radius 1 is 0.778 bits per heavy atom. The molecule has 3 aromatic rings. The molecular formula is C28H28N6O2. The van der Waals surface area contributed by atoms with Gasteiger partial charge in [-0.15, -0.1) is 0 Å². The summed E-state index contributed by atoms with van der Waals surface area (Å²) < 4.78 is 5.12. The fourth-order valence-electron chi connectivity index (χ4n) is 4.26. The van der Waals surface area contributed by atoms with E-state index in [0.717, 1.165) is 69.0 Å². The van der Waals surface area contributed by atoms with E-state index in [1.807, 2.05) is 42.5 Å². The predicted molar refractivity (Wildman–Crippen MR) is 149 cm³/mol. The number of methoxy groups -OCH3 is 1. The van der Waals surface area contributed by atoms with Gasteiger partial charge in [0.2, 0.25) is 0 Å². The molecule has 2 aliphatic heterocycles. The van der Waals surface area contributed by atoms with E-state index in [1.54, 1.807) is 6.07 Å². The summed E-state index contributed by atoms with van der Waals surface area (Å²) in [6, 6.07) is 15.5. The molecule has 0 fully saturated rings.